The largest absolute Gasteiger partial charge is 0.466 e. The summed E-state index contributed by atoms with van der Waals surface area (Å²) in [5.74, 6) is -0.354. The molecule has 3 heterocycles. The Morgan fingerprint density at radius 1 is 0.750 bits per heavy atom. The molecule has 0 bridgehead atoms. The van der Waals surface area contributed by atoms with E-state index in [1.165, 1.54) is 11.3 Å². The molecule has 2 aromatic rings. The van der Waals surface area contributed by atoms with Gasteiger partial charge in [0.1, 0.15) is 9.34 Å². The number of esters is 1. The molecule has 21 nitrogen and oxygen atoms in total. The number of aromatic nitrogens is 1. The summed E-state index contributed by atoms with van der Waals surface area (Å²) in [7, 11) is 0. The first-order valence-corrected chi connectivity index (χ1v) is 28.1. The Morgan fingerprint density at radius 2 is 1.29 bits per heavy atom. The molecule has 2 aliphatic rings. The lowest BCUT2D eigenvalue weighted by atomic mass is 10.0. The van der Waals surface area contributed by atoms with E-state index in [4.69, 9.17) is 59.0 Å². The molecule has 1 N–H and O–H groups in total. The molecular weight excluding hydrogens is 1030 g/mol. The molecular formula is C53H89ClN6O15S. The van der Waals surface area contributed by atoms with Crippen LogP contribution in [0, 0.1) is 24.0 Å². The van der Waals surface area contributed by atoms with Crippen molar-refractivity contribution >= 4 is 46.4 Å². The fraction of sp³-hybridized carbons (Fsp3) is 0.774. The summed E-state index contributed by atoms with van der Waals surface area (Å²) in [5, 5.41) is 15.1. The summed E-state index contributed by atoms with van der Waals surface area (Å²) in [6.45, 7) is 27.4. The number of nitro groups is 1. The van der Waals surface area contributed by atoms with Crippen LogP contribution in [0.25, 0.3) is 0 Å². The second kappa shape index (κ2) is 39.8. The first kappa shape index (κ1) is 66.8. The number of hydrogen-bond acceptors (Lipinski definition) is 19. The Bertz CT molecular complexity index is 1910. The molecule has 76 heavy (non-hydrogen) atoms. The van der Waals surface area contributed by atoms with Gasteiger partial charge in [-0.15, -0.1) is 11.3 Å². The maximum Gasteiger partial charge on any atom is 0.305 e. The van der Waals surface area contributed by atoms with Crippen LogP contribution >= 0.6 is 22.9 Å². The lowest BCUT2D eigenvalue weighted by molar-refractivity contribution is -0.385. The van der Waals surface area contributed by atoms with E-state index in [2.05, 4.69) is 36.0 Å². The maximum atomic E-state index is 13.7. The molecule has 2 saturated heterocycles. The molecule has 2 amide bonds. The average molecular weight is 1120 g/mol. The summed E-state index contributed by atoms with van der Waals surface area (Å²) in [5.41, 5.74) is 2.50. The van der Waals surface area contributed by atoms with E-state index >= 15 is 0 Å². The predicted octanol–water partition coefficient (Wildman–Crippen LogP) is 5.50. The highest BCUT2D eigenvalue weighted by Crippen LogP contribution is 2.26. The third kappa shape index (κ3) is 28.4. The van der Waals surface area contributed by atoms with Gasteiger partial charge in [-0.2, -0.15) is 0 Å². The van der Waals surface area contributed by atoms with Crippen LogP contribution < -0.4 is 5.32 Å². The van der Waals surface area contributed by atoms with Gasteiger partial charge in [0, 0.05) is 95.7 Å². The maximum absolute atomic E-state index is 13.7. The van der Waals surface area contributed by atoms with E-state index < -0.39 is 0 Å². The van der Waals surface area contributed by atoms with Crippen LogP contribution in [0.2, 0.25) is 4.34 Å². The average Bonchev–Trinajstić information content (AvgIpc) is 3.72. The minimum Gasteiger partial charge on any atom is -0.466 e. The lowest BCUT2D eigenvalue weighted by Gasteiger charge is -2.45. The van der Waals surface area contributed by atoms with E-state index in [9.17, 15) is 24.5 Å². The van der Waals surface area contributed by atoms with Crippen LogP contribution in [-0.2, 0) is 74.6 Å². The van der Waals surface area contributed by atoms with Gasteiger partial charge in [0.2, 0.25) is 11.8 Å². The molecule has 23 heteroatoms. The minimum atomic E-state index is -0.327. The monoisotopic (exact) mass is 1120 g/mol. The van der Waals surface area contributed by atoms with E-state index in [-0.39, 0.29) is 65.5 Å². The van der Waals surface area contributed by atoms with Crippen LogP contribution in [0.4, 0.5) is 5.69 Å². The number of carbonyl (C=O) groups excluding carboxylic acids is 3. The lowest BCUT2D eigenvalue weighted by Crippen LogP contribution is -2.64. The highest BCUT2D eigenvalue weighted by Gasteiger charge is 2.38. The van der Waals surface area contributed by atoms with Gasteiger partial charge >= 0.3 is 5.97 Å². The van der Waals surface area contributed by atoms with Gasteiger partial charge in [-0.05, 0) is 73.3 Å². The van der Waals surface area contributed by atoms with Gasteiger partial charge in [0.15, 0.2) is 0 Å². The molecule has 0 spiro atoms. The van der Waals surface area contributed by atoms with Gasteiger partial charge in [-0.1, -0.05) is 23.7 Å². The van der Waals surface area contributed by atoms with E-state index in [1.54, 1.807) is 11.0 Å². The smallest absolute Gasteiger partial charge is 0.305 e. The topological polar surface area (TPSA) is 221 Å². The molecule has 1 aromatic heterocycles. The number of ether oxygens (including phenoxy) is 10. The van der Waals surface area contributed by atoms with Crippen LogP contribution in [0.5, 0.6) is 0 Å². The van der Waals surface area contributed by atoms with Gasteiger partial charge in [-0.3, -0.25) is 29.4 Å². The molecule has 4 rings (SSSR count). The summed E-state index contributed by atoms with van der Waals surface area (Å²) in [6, 6.07) is 4.73. The Kier molecular flexibility index (Phi) is 35.0. The summed E-state index contributed by atoms with van der Waals surface area (Å²) < 4.78 is 54.5. The Labute approximate surface area is 460 Å². The van der Waals surface area contributed by atoms with Gasteiger partial charge in [-0.25, -0.2) is 4.98 Å². The van der Waals surface area contributed by atoms with Crippen molar-refractivity contribution in [2.75, 3.05) is 165 Å². The Balaban J connectivity index is 0.000000462. The van der Waals surface area contributed by atoms with Gasteiger partial charge < -0.3 is 62.5 Å². The molecule has 2 fully saturated rings. The molecule has 0 radical (unpaired) electrons. The van der Waals surface area contributed by atoms with Crippen molar-refractivity contribution < 1.29 is 66.7 Å². The first-order valence-electron chi connectivity index (χ1n) is 26.9. The zero-order valence-corrected chi connectivity index (χ0v) is 48.0. The second-order valence-electron chi connectivity index (χ2n) is 19.1. The zero-order valence-electron chi connectivity index (χ0n) is 46.5. The van der Waals surface area contributed by atoms with Gasteiger partial charge in [0.25, 0.3) is 5.69 Å². The van der Waals surface area contributed by atoms with Crippen molar-refractivity contribution in [1.29, 1.82) is 0 Å². The number of thiazole rings is 1. The number of nitrogens with one attached hydrogen (secondary N) is 1. The molecule has 434 valence electrons. The number of hydrogen-bond donors (Lipinski definition) is 1. The van der Waals surface area contributed by atoms with Crippen molar-refractivity contribution in [3.05, 3.63) is 54.5 Å². The third-order valence-electron chi connectivity index (χ3n) is 12.2. The minimum absolute atomic E-state index is 0.0324. The number of amides is 2. The number of piperazine rings is 2. The number of benzene rings is 1. The fourth-order valence-corrected chi connectivity index (χ4v) is 9.15. The third-order valence-corrected chi connectivity index (χ3v) is 13.6. The Hall–Kier alpha value is -3.49. The standard InChI is InChI=1S/C33H56ClN5O8S.C20H33NO7/c1-6-43-16-17-45-20-21-46-19-18-44-14-7-8-30(41)47-15-9-26-23-37(32(42)27-24-38(11-10-35-27)33(3,4)5)12-13-39(26)29(40)22-28-36-25(2)31(34)48-28;1-3-24-9-10-26-13-14-28-16-15-27-12-11-25-8-4-5-19-7-6-18(2)17-20(19)21(22)23/h26-27,35H,6-24H2,1-5H3;6-7,17H,3-5,8-16H2,1-2H3. The molecule has 1 aromatic carbocycles. The zero-order chi connectivity index (χ0) is 55.4. The van der Waals surface area contributed by atoms with Crippen molar-refractivity contribution in [3.8, 4) is 0 Å². The number of nitro benzene ring substituents is 1. The predicted molar refractivity (Wildman–Crippen MR) is 290 cm³/mol. The van der Waals surface area contributed by atoms with Crippen molar-refractivity contribution in [3.63, 3.8) is 0 Å². The highest BCUT2D eigenvalue weighted by molar-refractivity contribution is 7.16. The summed E-state index contributed by atoms with van der Waals surface area (Å²) in [6.07, 6.45) is 2.68. The number of rotatable bonds is 38. The SMILES string of the molecule is CCOCCOCCOCCOCCCC(=O)OCCC1CN(C(=O)C2CN(C(C)(C)C)CCN2)CCN1C(=O)Cc1nc(C)c(Cl)s1.CCOCCOCCOCCOCCOCCCc1ccc(C)cc1[N+](=O)[O-]. The van der Waals surface area contributed by atoms with Crippen LogP contribution in [-0.4, -0.2) is 225 Å². The number of nitrogens with zero attached hydrogens (tertiary/aromatic N) is 5. The van der Waals surface area contributed by atoms with E-state index in [0.29, 0.717) is 179 Å². The Morgan fingerprint density at radius 3 is 1.80 bits per heavy atom. The summed E-state index contributed by atoms with van der Waals surface area (Å²) in [4.78, 5) is 60.7. The molecule has 0 saturated carbocycles. The van der Waals surface area contributed by atoms with Crippen molar-refractivity contribution in [1.82, 2.24) is 25.0 Å². The number of carbonyl (C=O) groups is 3. The fourth-order valence-electron chi connectivity index (χ4n) is 8.06. The van der Waals surface area contributed by atoms with Crippen LogP contribution in [0.15, 0.2) is 18.2 Å². The first-order chi connectivity index (χ1) is 36.6. The van der Waals surface area contributed by atoms with Crippen LogP contribution in [0.3, 0.4) is 0 Å². The van der Waals surface area contributed by atoms with E-state index in [0.717, 1.165) is 30.6 Å². The molecule has 2 aliphatic heterocycles. The van der Waals surface area contributed by atoms with Crippen molar-refractivity contribution in [2.45, 2.75) is 105 Å². The molecule has 2 unspecified atom stereocenters. The quantitative estimate of drug-likeness (QED) is 0.0380. The van der Waals surface area contributed by atoms with Crippen molar-refractivity contribution in [2.24, 2.45) is 0 Å². The second-order valence-corrected chi connectivity index (χ2v) is 20.8. The molecule has 2 atom stereocenters. The number of halogens is 1. The highest BCUT2D eigenvalue weighted by atomic mass is 35.5. The summed E-state index contributed by atoms with van der Waals surface area (Å²) >= 11 is 7.51. The van der Waals surface area contributed by atoms with Crippen LogP contribution in [0.1, 0.15) is 82.1 Å². The molecule has 0 aliphatic carbocycles. The van der Waals surface area contributed by atoms with Gasteiger partial charge in [0.05, 0.1) is 128 Å². The number of aryl methyl sites for hydroxylation is 3. The van der Waals surface area contributed by atoms with E-state index in [1.807, 2.05) is 44.7 Å². The normalized spacial score (nSPS) is 16.2.